The van der Waals surface area contributed by atoms with Gasteiger partial charge in [-0.1, -0.05) is 0 Å². The molecule has 0 aromatic carbocycles. The van der Waals surface area contributed by atoms with Crippen LogP contribution in [0, 0.1) is 0 Å². The molecule has 0 aliphatic heterocycles. The van der Waals surface area contributed by atoms with Gasteiger partial charge in [0.1, 0.15) is 18.1 Å². The average Bonchev–Trinajstić information content (AvgIpc) is 2.48. The van der Waals surface area contributed by atoms with Gasteiger partial charge >= 0.3 is 11.9 Å². The highest BCUT2D eigenvalue weighted by molar-refractivity contribution is 5.94. The van der Waals surface area contributed by atoms with E-state index in [4.69, 9.17) is 21.7 Å². The lowest BCUT2D eigenvalue weighted by Crippen LogP contribution is -2.57. The lowest BCUT2D eigenvalue weighted by molar-refractivity contribution is -0.143. The van der Waals surface area contributed by atoms with Crippen LogP contribution in [0.5, 0.6) is 0 Å². The second kappa shape index (κ2) is 10.2. The maximum atomic E-state index is 12.1. The van der Waals surface area contributed by atoms with Crippen LogP contribution >= 0.6 is 0 Å². The SMILES string of the molecule is CC(O)C(N)C(=O)NC(CC(N)=O)C(=O)NC(CCC(=O)O)C(=O)O. The molecule has 4 unspecified atom stereocenters. The molecule has 0 aliphatic carbocycles. The Balaban J connectivity index is 5.08. The van der Waals surface area contributed by atoms with E-state index in [0.29, 0.717) is 0 Å². The second-order valence-electron chi connectivity index (χ2n) is 5.33. The Kier molecular flexibility index (Phi) is 9.09. The highest BCUT2D eigenvalue weighted by Crippen LogP contribution is 2.02. The van der Waals surface area contributed by atoms with Crippen LogP contribution in [-0.2, 0) is 24.0 Å². The number of hydrogen-bond acceptors (Lipinski definition) is 7. The Bertz CT molecular complexity index is 536. The summed E-state index contributed by atoms with van der Waals surface area (Å²) in [5.41, 5.74) is 10.4. The van der Waals surface area contributed by atoms with E-state index in [1.165, 1.54) is 6.92 Å². The molecule has 0 spiro atoms. The van der Waals surface area contributed by atoms with Crippen LogP contribution in [0.1, 0.15) is 26.2 Å². The average molecular weight is 362 g/mol. The zero-order valence-electron chi connectivity index (χ0n) is 13.5. The third-order valence-corrected chi connectivity index (χ3v) is 3.12. The first-order chi connectivity index (χ1) is 11.5. The summed E-state index contributed by atoms with van der Waals surface area (Å²) in [7, 11) is 0. The van der Waals surface area contributed by atoms with E-state index in [1.54, 1.807) is 0 Å². The Morgan fingerprint density at radius 2 is 1.52 bits per heavy atom. The predicted octanol–water partition coefficient (Wildman–Crippen LogP) is -3.51. The Labute approximate surface area is 142 Å². The van der Waals surface area contributed by atoms with Gasteiger partial charge in [0.25, 0.3) is 0 Å². The van der Waals surface area contributed by atoms with Gasteiger partial charge in [-0.3, -0.25) is 19.2 Å². The quantitative estimate of drug-likeness (QED) is 0.193. The molecule has 0 heterocycles. The standard InChI is InChI=1S/C13H22N4O8/c1-5(18)10(15)12(23)17-7(4-8(14)19)11(22)16-6(13(24)25)2-3-9(20)21/h5-7,10,18H,2-4,15H2,1H3,(H2,14,19)(H,16,22)(H,17,23)(H,20,21)(H,24,25). The smallest absolute Gasteiger partial charge is 0.326 e. The van der Waals surface area contributed by atoms with E-state index in [0.717, 1.165) is 0 Å². The van der Waals surface area contributed by atoms with E-state index in [-0.39, 0.29) is 0 Å². The van der Waals surface area contributed by atoms with Gasteiger partial charge in [0.05, 0.1) is 12.5 Å². The number of aliphatic hydroxyl groups is 1. The lowest BCUT2D eigenvalue weighted by Gasteiger charge is -2.22. The van der Waals surface area contributed by atoms with Crippen LogP contribution in [0.2, 0.25) is 0 Å². The first kappa shape index (κ1) is 22.3. The number of hydrogen-bond donors (Lipinski definition) is 7. The molecule has 142 valence electrons. The molecular formula is C13H22N4O8. The van der Waals surface area contributed by atoms with Gasteiger partial charge in [0.15, 0.2) is 0 Å². The molecule has 0 rings (SSSR count). The van der Waals surface area contributed by atoms with Crippen LogP contribution in [0.25, 0.3) is 0 Å². The van der Waals surface area contributed by atoms with Crippen LogP contribution in [0.15, 0.2) is 0 Å². The molecule has 0 aromatic heterocycles. The zero-order valence-corrected chi connectivity index (χ0v) is 13.5. The first-order valence-corrected chi connectivity index (χ1v) is 7.23. The molecule has 3 amide bonds. The summed E-state index contributed by atoms with van der Waals surface area (Å²) in [5.74, 6) is -5.70. The van der Waals surface area contributed by atoms with Crippen molar-refractivity contribution in [2.24, 2.45) is 11.5 Å². The van der Waals surface area contributed by atoms with E-state index >= 15 is 0 Å². The summed E-state index contributed by atoms with van der Waals surface area (Å²) in [6.45, 7) is 1.24. The van der Waals surface area contributed by atoms with Gasteiger partial charge < -0.3 is 37.4 Å². The van der Waals surface area contributed by atoms with Gasteiger partial charge in [0, 0.05) is 6.42 Å². The number of carbonyl (C=O) groups is 5. The molecule has 0 saturated carbocycles. The number of carbonyl (C=O) groups excluding carboxylic acids is 3. The Morgan fingerprint density at radius 1 is 1.00 bits per heavy atom. The highest BCUT2D eigenvalue weighted by Gasteiger charge is 2.30. The molecule has 4 atom stereocenters. The Morgan fingerprint density at radius 3 is 1.92 bits per heavy atom. The normalized spacial score (nSPS) is 15.3. The fourth-order valence-corrected chi connectivity index (χ4v) is 1.69. The van der Waals surface area contributed by atoms with Crippen LogP contribution in [0.4, 0.5) is 0 Å². The predicted molar refractivity (Wildman–Crippen MR) is 81.8 cm³/mol. The number of carboxylic acid groups (broad SMARTS) is 2. The van der Waals surface area contributed by atoms with Crippen molar-refractivity contribution in [2.75, 3.05) is 0 Å². The van der Waals surface area contributed by atoms with E-state index in [9.17, 15) is 29.1 Å². The third kappa shape index (κ3) is 8.62. The van der Waals surface area contributed by atoms with Gasteiger partial charge in [-0.15, -0.1) is 0 Å². The monoisotopic (exact) mass is 362 g/mol. The summed E-state index contributed by atoms with van der Waals surface area (Å²) in [6, 6.07) is -4.45. The van der Waals surface area contributed by atoms with E-state index < -0.39 is 73.2 Å². The first-order valence-electron chi connectivity index (χ1n) is 7.23. The van der Waals surface area contributed by atoms with Crippen LogP contribution in [-0.4, -0.2) is 69.2 Å². The van der Waals surface area contributed by atoms with Crippen molar-refractivity contribution in [1.82, 2.24) is 10.6 Å². The molecule has 12 heteroatoms. The molecule has 25 heavy (non-hydrogen) atoms. The zero-order chi connectivity index (χ0) is 19.7. The summed E-state index contributed by atoms with van der Waals surface area (Å²) in [5, 5.41) is 30.9. The lowest BCUT2D eigenvalue weighted by atomic mass is 10.1. The molecule has 0 saturated heterocycles. The summed E-state index contributed by atoms with van der Waals surface area (Å²) < 4.78 is 0. The number of primary amides is 1. The maximum absolute atomic E-state index is 12.1. The third-order valence-electron chi connectivity index (χ3n) is 3.12. The van der Waals surface area contributed by atoms with Crippen LogP contribution in [0.3, 0.4) is 0 Å². The van der Waals surface area contributed by atoms with Crippen LogP contribution < -0.4 is 22.1 Å². The number of nitrogens with one attached hydrogen (secondary N) is 2. The van der Waals surface area contributed by atoms with Crippen molar-refractivity contribution < 1.29 is 39.3 Å². The summed E-state index contributed by atoms with van der Waals surface area (Å²) in [4.78, 5) is 56.5. The molecule has 0 bridgehead atoms. The number of carboxylic acids is 2. The molecular weight excluding hydrogens is 340 g/mol. The maximum Gasteiger partial charge on any atom is 0.326 e. The van der Waals surface area contributed by atoms with Crippen molar-refractivity contribution in [3.8, 4) is 0 Å². The molecule has 0 aromatic rings. The second-order valence-corrected chi connectivity index (χ2v) is 5.33. The molecule has 12 nitrogen and oxygen atoms in total. The number of aliphatic hydroxyl groups excluding tert-OH is 1. The Hall–Kier alpha value is -2.73. The summed E-state index contributed by atoms with van der Waals surface area (Å²) >= 11 is 0. The van der Waals surface area contributed by atoms with Gasteiger partial charge in [-0.2, -0.15) is 0 Å². The largest absolute Gasteiger partial charge is 0.481 e. The topological polar surface area (TPSA) is 222 Å². The van der Waals surface area contributed by atoms with Crippen molar-refractivity contribution in [2.45, 2.75) is 50.4 Å². The van der Waals surface area contributed by atoms with E-state index in [2.05, 4.69) is 5.32 Å². The van der Waals surface area contributed by atoms with Crippen molar-refractivity contribution in [3.63, 3.8) is 0 Å². The number of rotatable bonds is 11. The summed E-state index contributed by atoms with van der Waals surface area (Å²) in [6.07, 6.45) is -2.80. The fraction of sp³-hybridized carbons (Fsp3) is 0.615. The highest BCUT2D eigenvalue weighted by atomic mass is 16.4. The molecule has 0 radical (unpaired) electrons. The van der Waals surface area contributed by atoms with E-state index in [1.807, 2.05) is 5.32 Å². The number of nitrogens with two attached hydrogens (primary N) is 2. The number of amides is 3. The van der Waals surface area contributed by atoms with Crippen molar-refractivity contribution in [3.05, 3.63) is 0 Å². The number of aliphatic carboxylic acids is 2. The van der Waals surface area contributed by atoms with Crippen molar-refractivity contribution >= 4 is 29.7 Å². The molecule has 0 fully saturated rings. The minimum Gasteiger partial charge on any atom is -0.481 e. The minimum atomic E-state index is -1.54. The van der Waals surface area contributed by atoms with Gasteiger partial charge in [0.2, 0.25) is 17.7 Å². The van der Waals surface area contributed by atoms with Gasteiger partial charge in [-0.05, 0) is 13.3 Å². The molecule has 9 N–H and O–H groups in total. The molecule has 0 aliphatic rings. The fourth-order valence-electron chi connectivity index (χ4n) is 1.69. The van der Waals surface area contributed by atoms with Crippen molar-refractivity contribution in [1.29, 1.82) is 0 Å². The van der Waals surface area contributed by atoms with Gasteiger partial charge in [-0.25, -0.2) is 4.79 Å². The minimum absolute atomic E-state index is 0.402.